The molecule has 4 rings (SSSR count). The van der Waals surface area contributed by atoms with Crippen molar-refractivity contribution in [3.8, 4) is 23.0 Å². The molecular weight excluding hydrogens is 541 g/mol. The van der Waals surface area contributed by atoms with Crippen molar-refractivity contribution in [2.24, 2.45) is 0 Å². The average molecular weight is 577 g/mol. The number of ether oxygens (including phenoxy) is 4. The zero-order chi connectivity index (χ0) is 27.1. The van der Waals surface area contributed by atoms with Crippen molar-refractivity contribution in [2.45, 2.75) is 32.0 Å². The molecule has 1 amide bonds. The van der Waals surface area contributed by atoms with Crippen LogP contribution in [0, 0.1) is 0 Å². The number of nitrogens with zero attached hydrogens (tertiary/aromatic N) is 1. The quantitative estimate of drug-likeness (QED) is 0.315. The second-order valence-electron chi connectivity index (χ2n) is 9.20. The Balaban J connectivity index is 0.00000420. The first-order chi connectivity index (χ1) is 18.4. The number of rotatable bonds is 10. The van der Waals surface area contributed by atoms with Gasteiger partial charge in [0.05, 0.1) is 37.6 Å². The van der Waals surface area contributed by atoms with Gasteiger partial charge in [0.25, 0.3) is 5.91 Å². The third kappa shape index (κ3) is 7.62. The zero-order valence-electron chi connectivity index (χ0n) is 22.4. The number of amides is 1. The fourth-order valence-electron chi connectivity index (χ4n) is 4.58. The van der Waals surface area contributed by atoms with E-state index >= 15 is 0 Å². The maximum Gasteiger partial charge on any atom is 0.255 e. The van der Waals surface area contributed by atoms with E-state index in [2.05, 4.69) is 10.2 Å². The standard InChI is InChI=1S/C29H34ClN3O5.ClH/c1-35-26-13-20(14-27(36-2)28(26)37-3)17-33-11-9-21(10-12-33)32-29(34)22-15-23(30)24(31)16-25(22)38-18-19-7-5-4-6-8-19;/h4-8,13-16,21H,9-12,17-18,31H2,1-3H3,(H,32,34);1H. The summed E-state index contributed by atoms with van der Waals surface area (Å²) in [6, 6.07) is 16.9. The summed E-state index contributed by atoms with van der Waals surface area (Å²) < 4.78 is 22.4. The van der Waals surface area contributed by atoms with Crippen molar-refractivity contribution >= 4 is 35.6 Å². The van der Waals surface area contributed by atoms with Gasteiger partial charge in [-0.15, -0.1) is 12.4 Å². The van der Waals surface area contributed by atoms with Crippen LogP contribution in [0.4, 0.5) is 5.69 Å². The van der Waals surface area contributed by atoms with Crippen LogP contribution in [-0.2, 0) is 13.2 Å². The van der Waals surface area contributed by atoms with Gasteiger partial charge in [-0.05, 0) is 42.2 Å². The number of carbonyl (C=O) groups excluding carboxylic acids is 1. The SMILES string of the molecule is COc1cc(CN2CCC(NC(=O)c3cc(Cl)c(N)cc3OCc3ccccc3)CC2)cc(OC)c1OC.Cl. The Bertz CT molecular complexity index is 1230. The molecule has 0 spiro atoms. The Hall–Kier alpha value is -3.33. The van der Waals surface area contributed by atoms with E-state index in [9.17, 15) is 4.79 Å². The van der Waals surface area contributed by atoms with Crippen molar-refractivity contribution in [2.75, 3.05) is 40.2 Å². The molecule has 10 heteroatoms. The van der Waals surface area contributed by atoms with Crippen LogP contribution in [0.25, 0.3) is 0 Å². The lowest BCUT2D eigenvalue weighted by Crippen LogP contribution is -2.44. The van der Waals surface area contributed by atoms with Gasteiger partial charge >= 0.3 is 0 Å². The lowest BCUT2D eigenvalue weighted by molar-refractivity contribution is 0.0904. The summed E-state index contributed by atoms with van der Waals surface area (Å²) in [5, 5.41) is 3.48. The van der Waals surface area contributed by atoms with Crippen LogP contribution < -0.4 is 30.0 Å². The van der Waals surface area contributed by atoms with Gasteiger partial charge in [0.15, 0.2) is 11.5 Å². The first-order valence-electron chi connectivity index (χ1n) is 12.5. The van der Waals surface area contributed by atoms with Crippen molar-refractivity contribution in [1.82, 2.24) is 10.2 Å². The number of carbonyl (C=O) groups is 1. The Morgan fingerprint density at radius 1 is 0.949 bits per heavy atom. The van der Waals surface area contributed by atoms with Gasteiger partial charge < -0.3 is 30.0 Å². The lowest BCUT2D eigenvalue weighted by Gasteiger charge is -2.32. The second-order valence-corrected chi connectivity index (χ2v) is 9.61. The highest BCUT2D eigenvalue weighted by atomic mass is 35.5. The molecule has 1 fully saturated rings. The van der Waals surface area contributed by atoms with Gasteiger partial charge in [-0.1, -0.05) is 41.9 Å². The van der Waals surface area contributed by atoms with Crippen LogP contribution in [0.15, 0.2) is 54.6 Å². The van der Waals surface area contributed by atoms with Gasteiger partial charge in [0.2, 0.25) is 5.75 Å². The number of methoxy groups -OCH3 is 3. The lowest BCUT2D eigenvalue weighted by atomic mass is 10.0. The van der Waals surface area contributed by atoms with E-state index in [1.165, 1.54) is 0 Å². The average Bonchev–Trinajstić information content (AvgIpc) is 2.94. The highest BCUT2D eigenvalue weighted by Crippen LogP contribution is 2.38. The largest absolute Gasteiger partial charge is 0.493 e. The number of anilines is 1. The molecule has 39 heavy (non-hydrogen) atoms. The van der Waals surface area contributed by atoms with Crippen molar-refractivity contribution < 1.29 is 23.7 Å². The first kappa shape index (κ1) is 30.2. The molecule has 3 N–H and O–H groups in total. The summed E-state index contributed by atoms with van der Waals surface area (Å²) in [7, 11) is 4.82. The van der Waals surface area contributed by atoms with Crippen LogP contribution in [0.3, 0.4) is 0 Å². The number of piperidine rings is 1. The fraction of sp³-hybridized carbons (Fsp3) is 0.345. The topological polar surface area (TPSA) is 95.3 Å². The first-order valence-corrected chi connectivity index (χ1v) is 12.9. The Labute approximate surface area is 240 Å². The molecule has 1 heterocycles. The summed E-state index contributed by atoms with van der Waals surface area (Å²) in [6.45, 7) is 2.73. The van der Waals surface area contributed by atoms with E-state index in [0.29, 0.717) is 45.9 Å². The van der Waals surface area contributed by atoms with E-state index in [0.717, 1.165) is 43.6 Å². The fourth-order valence-corrected chi connectivity index (χ4v) is 4.75. The zero-order valence-corrected chi connectivity index (χ0v) is 23.9. The number of likely N-dealkylation sites (tertiary alicyclic amines) is 1. The van der Waals surface area contributed by atoms with Crippen LogP contribution in [0.5, 0.6) is 23.0 Å². The highest BCUT2D eigenvalue weighted by molar-refractivity contribution is 6.33. The third-order valence-corrected chi connectivity index (χ3v) is 6.96. The van der Waals surface area contributed by atoms with Crippen LogP contribution in [0.2, 0.25) is 5.02 Å². The molecular formula is C29H35Cl2N3O5. The minimum Gasteiger partial charge on any atom is -0.493 e. The van der Waals surface area contributed by atoms with Gasteiger partial charge in [0.1, 0.15) is 12.4 Å². The molecule has 210 valence electrons. The molecule has 0 aromatic heterocycles. The molecule has 0 bridgehead atoms. The van der Waals surface area contributed by atoms with Crippen molar-refractivity contribution in [1.29, 1.82) is 0 Å². The van der Waals surface area contributed by atoms with Crippen LogP contribution in [-0.4, -0.2) is 51.3 Å². The molecule has 1 saturated heterocycles. The predicted octanol–water partition coefficient (Wildman–Crippen LogP) is 5.34. The molecule has 8 nitrogen and oxygen atoms in total. The number of nitrogens with two attached hydrogens (primary N) is 1. The summed E-state index contributed by atoms with van der Waals surface area (Å²) in [4.78, 5) is 15.6. The minimum atomic E-state index is -0.224. The molecule has 0 aliphatic carbocycles. The third-order valence-electron chi connectivity index (χ3n) is 6.63. The molecule has 1 aliphatic rings. The van der Waals surface area contributed by atoms with E-state index in [1.54, 1.807) is 33.5 Å². The normalized spacial score (nSPS) is 13.7. The highest BCUT2D eigenvalue weighted by Gasteiger charge is 2.24. The molecule has 3 aromatic rings. The van der Waals surface area contributed by atoms with E-state index in [1.807, 2.05) is 42.5 Å². The monoisotopic (exact) mass is 575 g/mol. The maximum absolute atomic E-state index is 13.2. The summed E-state index contributed by atoms with van der Waals surface area (Å²) in [5.41, 5.74) is 8.80. The summed E-state index contributed by atoms with van der Waals surface area (Å²) in [6.07, 6.45) is 1.64. The Kier molecular flexibility index (Phi) is 11.0. The molecule has 0 radical (unpaired) electrons. The second kappa shape index (κ2) is 14.2. The number of hydrogen-bond acceptors (Lipinski definition) is 7. The van der Waals surface area contributed by atoms with Gasteiger partial charge in [-0.3, -0.25) is 9.69 Å². The maximum atomic E-state index is 13.2. The van der Waals surface area contributed by atoms with Crippen LogP contribution in [0.1, 0.15) is 34.3 Å². The summed E-state index contributed by atoms with van der Waals surface area (Å²) >= 11 is 6.26. The number of hydrogen-bond donors (Lipinski definition) is 2. The van der Waals surface area contributed by atoms with E-state index in [-0.39, 0.29) is 24.4 Å². The van der Waals surface area contributed by atoms with Gasteiger partial charge in [-0.25, -0.2) is 0 Å². The molecule has 1 aliphatic heterocycles. The number of nitrogen functional groups attached to an aromatic ring is 1. The predicted molar refractivity (Wildman–Crippen MR) is 156 cm³/mol. The molecule has 3 aromatic carbocycles. The Morgan fingerprint density at radius 2 is 1.59 bits per heavy atom. The van der Waals surface area contributed by atoms with E-state index in [4.69, 9.17) is 36.3 Å². The van der Waals surface area contributed by atoms with Crippen molar-refractivity contribution in [3.05, 3.63) is 76.3 Å². The van der Waals surface area contributed by atoms with Crippen molar-refractivity contribution in [3.63, 3.8) is 0 Å². The van der Waals surface area contributed by atoms with Gasteiger partial charge in [0, 0.05) is 31.7 Å². The van der Waals surface area contributed by atoms with Gasteiger partial charge in [-0.2, -0.15) is 0 Å². The summed E-state index contributed by atoms with van der Waals surface area (Å²) in [5.74, 6) is 2.04. The molecule has 0 saturated carbocycles. The number of halogens is 2. The minimum absolute atomic E-state index is 0. The number of benzene rings is 3. The molecule has 0 atom stereocenters. The number of nitrogens with one attached hydrogen (secondary N) is 1. The van der Waals surface area contributed by atoms with E-state index < -0.39 is 0 Å². The Morgan fingerprint density at radius 3 is 2.18 bits per heavy atom. The molecule has 0 unspecified atom stereocenters. The van der Waals surface area contributed by atoms with Crippen LogP contribution >= 0.6 is 24.0 Å². The smallest absolute Gasteiger partial charge is 0.255 e.